The Kier molecular flexibility index (Phi) is 1.78. The molecule has 0 aromatic heterocycles. The summed E-state index contributed by atoms with van der Waals surface area (Å²) in [5, 5.41) is 0. The van der Waals surface area contributed by atoms with Gasteiger partial charge in [-0.25, -0.2) is 0 Å². The summed E-state index contributed by atoms with van der Waals surface area (Å²) < 4.78 is 4.74. The van der Waals surface area contributed by atoms with Gasteiger partial charge >= 0.3 is 11.9 Å². The van der Waals surface area contributed by atoms with Crippen molar-refractivity contribution in [1.29, 1.82) is 0 Å². The average Bonchev–Trinajstić information content (AvgIpc) is 2.79. The highest BCUT2D eigenvalue weighted by molar-refractivity contribution is 6.06. The maximum Gasteiger partial charge on any atom is 0.316 e. The molecule has 0 radical (unpaired) electrons. The molecule has 4 rings (SSSR count). The number of ketones is 2. The summed E-state index contributed by atoms with van der Waals surface area (Å²) in [6.07, 6.45) is 1.01. The molecule has 0 spiro atoms. The minimum absolute atomic E-state index is 0.00892. The molecule has 3 saturated carbocycles. The van der Waals surface area contributed by atoms with Crippen molar-refractivity contribution in [1.82, 2.24) is 0 Å². The Labute approximate surface area is 103 Å². The van der Waals surface area contributed by atoms with Crippen molar-refractivity contribution in [3.8, 4) is 0 Å². The van der Waals surface area contributed by atoms with Crippen molar-refractivity contribution in [3.63, 3.8) is 0 Å². The fourth-order valence-corrected chi connectivity index (χ4v) is 4.69. The number of rotatable bonds is 0. The molecular formula is C13H12O5. The van der Waals surface area contributed by atoms with Gasteiger partial charge in [-0.15, -0.1) is 0 Å². The van der Waals surface area contributed by atoms with E-state index in [1.807, 2.05) is 0 Å². The van der Waals surface area contributed by atoms with E-state index >= 15 is 0 Å². The second-order valence-electron chi connectivity index (χ2n) is 5.90. The zero-order valence-corrected chi connectivity index (χ0v) is 9.63. The Bertz CT molecular complexity index is 422. The van der Waals surface area contributed by atoms with Crippen LogP contribution < -0.4 is 0 Å². The van der Waals surface area contributed by atoms with Crippen LogP contribution in [0.2, 0.25) is 0 Å². The second-order valence-corrected chi connectivity index (χ2v) is 5.90. The van der Waals surface area contributed by atoms with Gasteiger partial charge in [-0.1, -0.05) is 0 Å². The van der Waals surface area contributed by atoms with Crippen LogP contribution in [0.4, 0.5) is 0 Å². The van der Waals surface area contributed by atoms with Crippen LogP contribution in [0.5, 0.6) is 0 Å². The van der Waals surface area contributed by atoms with Crippen molar-refractivity contribution >= 4 is 23.5 Å². The lowest BCUT2D eigenvalue weighted by Crippen LogP contribution is -2.36. The largest absolute Gasteiger partial charge is 0.393 e. The Morgan fingerprint density at radius 3 is 1.67 bits per heavy atom. The number of hydrogen-bond donors (Lipinski definition) is 0. The summed E-state index contributed by atoms with van der Waals surface area (Å²) in [6.45, 7) is 0. The lowest BCUT2D eigenvalue weighted by molar-refractivity contribution is -0.170. The molecule has 5 nitrogen and oxygen atoms in total. The molecule has 0 aromatic rings. The first-order valence-corrected chi connectivity index (χ1v) is 6.39. The van der Waals surface area contributed by atoms with E-state index in [0.29, 0.717) is 12.8 Å². The zero-order chi connectivity index (χ0) is 12.6. The summed E-state index contributed by atoms with van der Waals surface area (Å²) in [5.74, 6) is -2.42. The molecule has 4 aliphatic rings. The van der Waals surface area contributed by atoms with Crippen molar-refractivity contribution in [2.45, 2.75) is 19.3 Å². The van der Waals surface area contributed by atoms with Crippen molar-refractivity contribution < 1.29 is 23.9 Å². The maximum atomic E-state index is 11.9. The molecule has 1 saturated heterocycles. The Morgan fingerprint density at radius 1 is 0.722 bits per heavy atom. The number of esters is 2. The predicted octanol–water partition coefficient (Wildman–Crippen LogP) is 0.116. The number of cyclic esters (lactones) is 2. The second kappa shape index (κ2) is 3.08. The highest BCUT2D eigenvalue weighted by Gasteiger charge is 2.66. The molecule has 5 heteroatoms. The number of hydrogen-bond acceptors (Lipinski definition) is 5. The smallest absolute Gasteiger partial charge is 0.316 e. The van der Waals surface area contributed by atoms with E-state index < -0.39 is 11.9 Å². The molecule has 6 unspecified atom stereocenters. The monoisotopic (exact) mass is 248 g/mol. The van der Waals surface area contributed by atoms with E-state index in [2.05, 4.69) is 0 Å². The predicted molar refractivity (Wildman–Crippen MR) is 55.9 cm³/mol. The Balaban J connectivity index is 1.83. The van der Waals surface area contributed by atoms with Crippen molar-refractivity contribution in [3.05, 3.63) is 0 Å². The third-order valence-electron chi connectivity index (χ3n) is 5.30. The first-order chi connectivity index (χ1) is 8.58. The van der Waals surface area contributed by atoms with Gasteiger partial charge in [0.2, 0.25) is 0 Å². The van der Waals surface area contributed by atoms with Gasteiger partial charge in [0.1, 0.15) is 11.6 Å². The van der Waals surface area contributed by atoms with E-state index in [-0.39, 0.29) is 53.5 Å². The SMILES string of the molecule is O=C1CC(=O)C2CC1C1C3CC(C(=O)OC3=O)C21. The third-order valence-corrected chi connectivity index (χ3v) is 5.30. The van der Waals surface area contributed by atoms with Crippen LogP contribution >= 0.6 is 0 Å². The molecule has 1 aliphatic heterocycles. The van der Waals surface area contributed by atoms with Crippen LogP contribution in [0.15, 0.2) is 0 Å². The fraction of sp³-hybridized carbons (Fsp3) is 0.692. The summed E-state index contributed by atoms with van der Waals surface area (Å²) in [4.78, 5) is 47.3. The minimum Gasteiger partial charge on any atom is -0.393 e. The fourth-order valence-electron chi connectivity index (χ4n) is 4.69. The third kappa shape index (κ3) is 1.03. The highest BCUT2D eigenvalue weighted by atomic mass is 16.6. The van der Waals surface area contributed by atoms with Gasteiger partial charge in [0.15, 0.2) is 0 Å². The quantitative estimate of drug-likeness (QED) is 0.345. The summed E-state index contributed by atoms with van der Waals surface area (Å²) >= 11 is 0. The Morgan fingerprint density at radius 2 is 1.17 bits per heavy atom. The lowest BCUT2D eigenvalue weighted by Gasteiger charge is -2.26. The first kappa shape index (κ1) is 10.4. The van der Waals surface area contributed by atoms with Crippen molar-refractivity contribution in [2.24, 2.45) is 35.5 Å². The number of carbonyl (C=O) groups is 4. The van der Waals surface area contributed by atoms with E-state index in [1.54, 1.807) is 0 Å². The standard InChI is InChI=1S/C13H12O5/c14-8-3-9(15)5-1-4(8)10-6-2-7(11(5)10)13(17)18-12(6)16/h4-7,10-11H,1-3H2. The average molecular weight is 248 g/mol. The molecule has 0 N–H and O–H groups in total. The Hall–Kier alpha value is -1.52. The molecule has 0 amide bonds. The molecule has 4 bridgehead atoms. The van der Waals surface area contributed by atoms with Crippen LogP contribution in [0.1, 0.15) is 19.3 Å². The van der Waals surface area contributed by atoms with Gasteiger partial charge < -0.3 is 4.74 Å². The van der Waals surface area contributed by atoms with E-state index in [9.17, 15) is 19.2 Å². The summed E-state index contributed by atoms with van der Waals surface area (Å²) in [5.41, 5.74) is 0. The highest BCUT2D eigenvalue weighted by Crippen LogP contribution is 2.60. The zero-order valence-electron chi connectivity index (χ0n) is 9.63. The van der Waals surface area contributed by atoms with Crippen LogP contribution in [0, 0.1) is 35.5 Å². The normalized spacial score (nSPS) is 49.3. The van der Waals surface area contributed by atoms with Crippen LogP contribution in [0.3, 0.4) is 0 Å². The lowest BCUT2D eigenvalue weighted by atomic mass is 9.79. The van der Waals surface area contributed by atoms with Gasteiger partial charge in [0.05, 0.1) is 18.3 Å². The van der Waals surface area contributed by atoms with Gasteiger partial charge in [-0.3, -0.25) is 19.2 Å². The number of carbonyl (C=O) groups excluding carboxylic acids is 4. The molecule has 94 valence electrons. The minimum atomic E-state index is -0.489. The van der Waals surface area contributed by atoms with Crippen LogP contribution in [-0.4, -0.2) is 23.5 Å². The van der Waals surface area contributed by atoms with Gasteiger partial charge in [0.25, 0.3) is 0 Å². The number of fused-ring (bicyclic) bond motifs is 9. The first-order valence-electron chi connectivity index (χ1n) is 6.39. The molecule has 1 heterocycles. The van der Waals surface area contributed by atoms with E-state index in [4.69, 9.17) is 4.74 Å². The molecule has 6 atom stereocenters. The molecule has 18 heavy (non-hydrogen) atoms. The maximum absolute atomic E-state index is 11.9. The van der Waals surface area contributed by atoms with Gasteiger partial charge in [-0.2, -0.15) is 0 Å². The van der Waals surface area contributed by atoms with E-state index in [1.165, 1.54) is 0 Å². The molecule has 0 aromatic carbocycles. The van der Waals surface area contributed by atoms with Gasteiger partial charge in [0, 0.05) is 11.8 Å². The van der Waals surface area contributed by atoms with Crippen LogP contribution in [-0.2, 0) is 23.9 Å². The number of Topliss-reactive ketones (excluding diaryl/α,β-unsaturated/α-hetero) is 2. The molecule has 4 fully saturated rings. The summed E-state index contributed by atoms with van der Waals surface area (Å²) in [6, 6.07) is 0. The molecule has 3 aliphatic carbocycles. The summed E-state index contributed by atoms with van der Waals surface area (Å²) in [7, 11) is 0. The number of ether oxygens (including phenoxy) is 1. The van der Waals surface area contributed by atoms with E-state index in [0.717, 1.165) is 0 Å². The van der Waals surface area contributed by atoms with Gasteiger partial charge in [-0.05, 0) is 24.7 Å². The van der Waals surface area contributed by atoms with Crippen LogP contribution in [0.25, 0.3) is 0 Å². The topological polar surface area (TPSA) is 77.5 Å². The molecular weight excluding hydrogens is 236 g/mol. The van der Waals surface area contributed by atoms with Crippen molar-refractivity contribution in [2.75, 3.05) is 0 Å².